The van der Waals surface area contributed by atoms with Crippen molar-refractivity contribution in [2.75, 3.05) is 38.1 Å². The molecule has 0 aliphatic carbocycles. The van der Waals surface area contributed by atoms with E-state index in [-0.39, 0.29) is 6.10 Å². The van der Waals surface area contributed by atoms with E-state index in [1.54, 1.807) is 16.9 Å². The summed E-state index contributed by atoms with van der Waals surface area (Å²) in [4.78, 5) is 6.48. The lowest BCUT2D eigenvalue weighted by atomic mass is 10.2. The van der Waals surface area contributed by atoms with E-state index in [0.717, 1.165) is 38.6 Å². The van der Waals surface area contributed by atoms with Gasteiger partial charge in [-0.1, -0.05) is 6.92 Å². The molecule has 8 nitrogen and oxygen atoms in total. The van der Waals surface area contributed by atoms with Crippen molar-refractivity contribution in [1.82, 2.24) is 29.9 Å². The van der Waals surface area contributed by atoms with E-state index in [4.69, 9.17) is 4.74 Å². The average molecular weight is 263 g/mol. The first-order valence-corrected chi connectivity index (χ1v) is 6.46. The van der Waals surface area contributed by atoms with E-state index in [9.17, 15) is 0 Å². The highest BCUT2D eigenvalue weighted by Crippen LogP contribution is 2.09. The van der Waals surface area contributed by atoms with E-state index in [0.29, 0.717) is 5.65 Å². The average Bonchev–Trinajstić information content (AvgIpc) is 2.94. The lowest BCUT2D eigenvalue weighted by molar-refractivity contribution is -0.0192. The van der Waals surface area contributed by atoms with Gasteiger partial charge in [-0.15, -0.1) is 5.10 Å². The van der Waals surface area contributed by atoms with Crippen molar-refractivity contribution >= 4 is 11.5 Å². The van der Waals surface area contributed by atoms with Gasteiger partial charge in [0, 0.05) is 19.6 Å². The Bertz CT molecular complexity index is 543. The first-order chi connectivity index (χ1) is 9.36. The van der Waals surface area contributed by atoms with Crippen LogP contribution in [-0.2, 0) is 4.74 Å². The quantitative estimate of drug-likeness (QED) is 0.807. The zero-order valence-corrected chi connectivity index (χ0v) is 10.9. The van der Waals surface area contributed by atoms with E-state index in [1.165, 1.54) is 0 Å². The minimum Gasteiger partial charge on any atom is -0.374 e. The van der Waals surface area contributed by atoms with Crippen molar-refractivity contribution < 1.29 is 4.74 Å². The molecule has 19 heavy (non-hydrogen) atoms. The van der Waals surface area contributed by atoms with Gasteiger partial charge < -0.3 is 10.1 Å². The minimum atomic E-state index is 0.181. The molecule has 2 aromatic rings. The van der Waals surface area contributed by atoms with Gasteiger partial charge >= 0.3 is 0 Å². The topological polar surface area (TPSA) is 80.5 Å². The number of fused-ring (bicyclic) bond motifs is 1. The summed E-state index contributed by atoms with van der Waals surface area (Å²) in [6.07, 6.45) is 3.52. The van der Waals surface area contributed by atoms with E-state index in [1.807, 2.05) is 0 Å². The first kappa shape index (κ1) is 12.2. The van der Waals surface area contributed by atoms with E-state index < -0.39 is 0 Å². The van der Waals surface area contributed by atoms with Crippen molar-refractivity contribution in [3.63, 3.8) is 0 Å². The summed E-state index contributed by atoms with van der Waals surface area (Å²) in [5.74, 6) is 0.778. The Hall–Kier alpha value is -1.80. The molecule has 1 atom stereocenters. The second-order valence-electron chi connectivity index (χ2n) is 4.51. The number of likely N-dealkylation sites (N-methyl/N-ethyl adjacent to an activating group) is 1. The van der Waals surface area contributed by atoms with E-state index in [2.05, 4.69) is 37.6 Å². The third-order valence-electron chi connectivity index (χ3n) is 3.29. The summed E-state index contributed by atoms with van der Waals surface area (Å²) < 4.78 is 7.37. The van der Waals surface area contributed by atoms with Crippen molar-refractivity contribution in [2.45, 2.75) is 13.0 Å². The van der Waals surface area contributed by atoms with Gasteiger partial charge in [-0.05, 0) is 17.0 Å². The van der Waals surface area contributed by atoms with Crippen LogP contribution in [0, 0.1) is 0 Å². The Morgan fingerprint density at radius 1 is 1.47 bits per heavy atom. The van der Waals surface area contributed by atoms with Crippen LogP contribution in [0.25, 0.3) is 5.65 Å². The summed E-state index contributed by atoms with van der Waals surface area (Å²) in [6, 6.07) is 0. The van der Waals surface area contributed by atoms with Crippen LogP contribution in [0.3, 0.4) is 0 Å². The molecule has 1 unspecified atom stereocenters. The molecule has 0 spiro atoms. The Kier molecular flexibility index (Phi) is 3.51. The fourth-order valence-electron chi connectivity index (χ4n) is 2.21. The number of rotatable bonds is 4. The van der Waals surface area contributed by atoms with Gasteiger partial charge in [-0.3, -0.25) is 9.88 Å². The summed E-state index contributed by atoms with van der Waals surface area (Å²) in [6.45, 7) is 6.69. The summed E-state index contributed by atoms with van der Waals surface area (Å²) in [5.41, 5.74) is 0.629. The molecule has 0 aromatic carbocycles. The normalized spacial score (nSPS) is 20.8. The third kappa shape index (κ3) is 2.64. The molecular weight excluding hydrogens is 246 g/mol. The molecule has 1 N–H and O–H groups in total. The predicted molar refractivity (Wildman–Crippen MR) is 68.9 cm³/mol. The number of nitrogens with one attached hydrogen (secondary N) is 1. The maximum absolute atomic E-state index is 5.74. The fourth-order valence-corrected chi connectivity index (χ4v) is 2.21. The van der Waals surface area contributed by atoms with Crippen LogP contribution in [0.1, 0.15) is 6.92 Å². The van der Waals surface area contributed by atoms with Gasteiger partial charge in [-0.2, -0.15) is 4.52 Å². The Morgan fingerprint density at radius 2 is 2.42 bits per heavy atom. The minimum absolute atomic E-state index is 0.181. The molecule has 1 fully saturated rings. The van der Waals surface area contributed by atoms with Gasteiger partial charge in [-0.25, -0.2) is 0 Å². The Morgan fingerprint density at radius 3 is 3.32 bits per heavy atom. The zero-order chi connectivity index (χ0) is 13.1. The van der Waals surface area contributed by atoms with Crippen molar-refractivity contribution in [2.24, 2.45) is 0 Å². The maximum atomic E-state index is 5.74. The molecule has 0 saturated carbocycles. The molecule has 0 amide bonds. The first-order valence-electron chi connectivity index (χ1n) is 6.46. The number of tetrazole rings is 1. The number of hydrogen-bond acceptors (Lipinski definition) is 7. The third-order valence-corrected chi connectivity index (χ3v) is 3.29. The highest BCUT2D eigenvalue weighted by molar-refractivity contribution is 5.43. The predicted octanol–water partition coefficient (Wildman–Crippen LogP) is -0.348. The van der Waals surface area contributed by atoms with Crippen LogP contribution in [0.5, 0.6) is 0 Å². The molecule has 0 radical (unpaired) electrons. The van der Waals surface area contributed by atoms with Crippen LogP contribution in [0.2, 0.25) is 0 Å². The molecule has 2 aromatic heterocycles. The molecule has 1 aliphatic rings. The SMILES string of the molecule is CCN1CCOC(CNc2cncc3nnnn23)C1. The highest BCUT2D eigenvalue weighted by atomic mass is 16.5. The van der Waals surface area contributed by atoms with Gasteiger partial charge in [0.25, 0.3) is 0 Å². The zero-order valence-electron chi connectivity index (χ0n) is 10.9. The molecule has 3 heterocycles. The van der Waals surface area contributed by atoms with Crippen LogP contribution in [-0.4, -0.2) is 68.8 Å². The molecule has 3 rings (SSSR count). The lowest BCUT2D eigenvalue weighted by Crippen LogP contribution is -2.45. The Labute approximate surface area is 110 Å². The second kappa shape index (κ2) is 5.45. The largest absolute Gasteiger partial charge is 0.374 e. The standard InChI is InChI=1S/C11H17N7O/c1-2-17-3-4-19-9(8-17)5-13-10-6-12-7-11-14-15-16-18(10)11/h6-7,9,13H,2-5,8H2,1H3. The number of nitrogens with zero attached hydrogens (tertiary/aromatic N) is 6. The van der Waals surface area contributed by atoms with Gasteiger partial charge in [0.05, 0.1) is 25.1 Å². The van der Waals surface area contributed by atoms with Crippen molar-refractivity contribution in [3.8, 4) is 0 Å². The van der Waals surface area contributed by atoms with Crippen molar-refractivity contribution in [3.05, 3.63) is 12.4 Å². The highest BCUT2D eigenvalue weighted by Gasteiger charge is 2.19. The number of morpholine rings is 1. The van der Waals surface area contributed by atoms with Gasteiger partial charge in [0.1, 0.15) is 0 Å². The molecule has 1 saturated heterocycles. The van der Waals surface area contributed by atoms with Crippen molar-refractivity contribution in [1.29, 1.82) is 0 Å². The maximum Gasteiger partial charge on any atom is 0.199 e. The summed E-state index contributed by atoms with van der Waals surface area (Å²) in [5, 5.41) is 14.7. The smallest absolute Gasteiger partial charge is 0.199 e. The lowest BCUT2D eigenvalue weighted by Gasteiger charge is -2.32. The summed E-state index contributed by atoms with van der Waals surface area (Å²) in [7, 11) is 0. The second-order valence-corrected chi connectivity index (χ2v) is 4.51. The molecule has 0 bridgehead atoms. The summed E-state index contributed by atoms with van der Waals surface area (Å²) >= 11 is 0. The molecule has 1 aliphatic heterocycles. The molecule has 102 valence electrons. The number of ether oxygens (including phenoxy) is 1. The number of aromatic nitrogens is 5. The van der Waals surface area contributed by atoms with Gasteiger partial charge in [0.2, 0.25) is 0 Å². The van der Waals surface area contributed by atoms with Crippen LogP contribution < -0.4 is 5.32 Å². The number of anilines is 1. The van der Waals surface area contributed by atoms with Crippen LogP contribution >= 0.6 is 0 Å². The fraction of sp³-hybridized carbons (Fsp3) is 0.636. The Balaban J connectivity index is 1.64. The molecular formula is C11H17N7O. The van der Waals surface area contributed by atoms with Crippen LogP contribution in [0.4, 0.5) is 5.82 Å². The molecule has 8 heteroatoms. The number of hydrogen-bond donors (Lipinski definition) is 1. The monoisotopic (exact) mass is 263 g/mol. The van der Waals surface area contributed by atoms with Gasteiger partial charge in [0.15, 0.2) is 11.5 Å². The van der Waals surface area contributed by atoms with Crippen LogP contribution in [0.15, 0.2) is 12.4 Å². The van der Waals surface area contributed by atoms with E-state index >= 15 is 0 Å².